The van der Waals surface area contributed by atoms with Gasteiger partial charge in [0.1, 0.15) is 17.2 Å². The van der Waals surface area contributed by atoms with Gasteiger partial charge >= 0.3 is 0 Å². The summed E-state index contributed by atoms with van der Waals surface area (Å²) in [6.45, 7) is 0. The molecular weight excluding hydrogens is 361 g/mol. The maximum absolute atomic E-state index is 13.6. The third kappa shape index (κ3) is 3.53. The number of nitroso groups, excluding NO2 is 1. The van der Waals surface area contributed by atoms with Crippen LogP contribution in [0, 0.1) is 28.0 Å². The zero-order valence-corrected chi connectivity index (χ0v) is 15.0. The highest BCUT2D eigenvalue weighted by atomic mass is 19.1. The minimum atomic E-state index is -0.398. The number of hydrogen-bond donors (Lipinski definition) is 1. The predicted octanol–water partition coefficient (Wildman–Crippen LogP) is 4.21. The molecule has 0 radical (unpaired) electrons. The number of imidazole rings is 1. The first-order chi connectivity index (χ1) is 13.7. The first-order valence-electron chi connectivity index (χ1n) is 9.15. The molecule has 1 saturated carbocycles. The third-order valence-corrected chi connectivity index (χ3v) is 5.13. The van der Waals surface area contributed by atoms with Gasteiger partial charge in [-0.3, -0.25) is 4.40 Å². The number of halogens is 1. The summed E-state index contributed by atoms with van der Waals surface area (Å²) in [4.78, 5) is 24.1. The number of pyridine rings is 1. The van der Waals surface area contributed by atoms with Gasteiger partial charge in [0.2, 0.25) is 0 Å². The van der Waals surface area contributed by atoms with Gasteiger partial charge < -0.3 is 5.32 Å². The Morgan fingerprint density at radius 3 is 2.82 bits per heavy atom. The quantitative estimate of drug-likeness (QED) is 0.665. The number of hydrogen-bond acceptors (Lipinski definition) is 7. The summed E-state index contributed by atoms with van der Waals surface area (Å²) in [6, 6.07) is 5.28. The maximum atomic E-state index is 13.6. The van der Waals surface area contributed by atoms with E-state index >= 15 is 0 Å². The Labute approximate surface area is 160 Å². The summed E-state index contributed by atoms with van der Waals surface area (Å²) in [6.07, 6.45) is 8.52. The summed E-state index contributed by atoms with van der Waals surface area (Å²) >= 11 is 0. The topological polar surface area (TPSA) is 108 Å². The van der Waals surface area contributed by atoms with Gasteiger partial charge in [0.05, 0.1) is 18.5 Å². The number of anilines is 1. The lowest BCUT2D eigenvalue weighted by molar-refractivity contribution is 0.342. The summed E-state index contributed by atoms with van der Waals surface area (Å²) in [7, 11) is 0. The average molecular weight is 379 g/mol. The SMILES string of the molecule is N#CCC1CCC(Nc2nc(-c3cnc4ccc(F)cn34)ncc2N=O)CC1. The van der Waals surface area contributed by atoms with Gasteiger partial charge in [-0.2, -0.15) is 5.26 Å². The minimum Gasteiger partial charge on any atom is -0.365 e. The van der Waals surface area contributed by atoms with Gasteiger partial charge in [-0.1, -0.05) is 0 Å². The van der Waals surface area contributed by atoms with E-state index in [-0.39, 0.29) is 11.7 Å². The zero-order chi connectivity index (χ0) is 19.5. The van der Waals surface area contributed by atoms with Crippen molar-refractivity contribution < 1.29 is 4.39 Å². The second-order valence-electron chi connectivity index (χ2n) is 6.96. The Kier molecular flexibility index (Phi) is 4.93. The average Bonchev–Trinajstić information content (AvgIpc) is 3.12. The molecule has 1 aliphatic carbocycles. The second kappa shape index (κ2) is 7.68. The van der Waals surface area contributed by atoms with Gasteiger partial charge in [0.15, 0.2) is 17.3 Å². The van der Waals surface area contributed by atoms with Gasteiger partial charge in [-0.05, 0) is 48.9 Å². The molecule has 3 aromatic heterocycles. The monoisotopic (exact) mass is 379 g/mol. The summed E-state index contributed by atoms with van der Waals surface area (Å²) < 4.78 is 15.2. The van der Waals surface area contributed by atoms with Crippen molar-refractivity contribution in [1.82, 2.24) is 19.4 Å². The Morgan fingerprint density at radius 1 is 1.25 bits per heavy atom. The van der Waals surface area contributed by atoms with Crippen LogP contribution < -0.4 is 5.32 Å². The number of rotatable bonds is 5. The van der Waals surface area contributed by atoms with Gasteiger partial charge in [0, 0.05) is 18.7 Å². The van der Waals surface area contributed by atoms with Crippen molar-refractivity contribution >= 4 is 17.2 Å². The van der Waals surface area contributed by atoms with Crippen molar-refractivity contribution in [2.75, 3.05) is 5.32 Å². The number of nitriles is 1. The van der Waals surface area contributed by atoms with Crippen LogP contribution in [0.5, 0.6) is 0 Å². The Bertz CT molecular complexity index is 1050. The second-order valence-corrected chi connectivity index (χ2v) is 6.96. The molecule has 142 valence electrons. The molecule has 0 bridgehead atoms. The fraction of sp³-hybridized carbons (Fsp3) is 0.368. The van der Waals surface area contributed by atoms with Gasteiger partial charge in [0.25, 0.3) is 0 Å². The highest BCUT2D eigenvalue weighted by molar-refractivity contribution is 5.65. The van der Waals surface area contributed by atoms with Crippen LogP contribution in [0.3, 0.4) is 0 Å². The number of fused-ring (bicyclic) bond motifs is 1. The van der Waals surface area contributed by atoms with Crippen LogP contribution in [0.1, 0.15) is 32.1 Å². The van der Waals surface area contributed by atoms with Crippen LogP contribution in [0.4, 0.5) is 15.9 Å². The molecule has 3 heterocycles. The van der Waals surface area contributed by atoms with Gasteiger partial charge in [-0.15, -0.1) is 4.91 Å². The zero-order valence-electron chi connectivity index (χ0n) is 15.0. The van der Waals surface area contributed by atoms with E-state index in [0.29, 0.717) is 35.3 Å². The molecule has 28 heavy (non-hydrogen) atoms. The van der Waals surface area contributed by atoms with Crippen molar-refractivity contribution in [2.45, 2.75) is 38.1 Å². The molecule has 0 atom stereocenters. The first kappa shape index (κ1) is 18.0. The van der Waals surface area contributed by atoms with E-state index in [9.17, 15) is 9.30 Å². The Balaban J connectivity index is 1.60. The molecule has 0 aliphatic heterocycles. The first-order valence-corrected chi connectivity index (χ1v) is 9.15. The third-order valence-electron chi connectivity index (χ3n) is 5.13. The Hall–Kier alpha value is -3.41. The molecule has 3 aromatic rings. The fourth-order valence-electron chi connectivity index (χ4n) is 3.63. The van der Waals surface area contributed by atoms with E-state index in [1.807, 2.05) is 0 Å². The molecule has 0 aromatic carbocycles. The number of nitrogens with one attached hydrogen (secondary N) is 1. The predicted molar refractivity (Wildman–Crippen MR) is 101 cm³/mol. The molecule has 9 heteroatoms. The van der Waals surface area contributed by atoms with Crippen molar-refractivity contribution in [3.8, 4) is 17.6 Å². The van der Waals surface area contributed by atoms with E-state index < -0.39 is 5.82 Å². The van der Waals surface area contributed by atoms with Crippen LogP contribution in [-0.4, -0.2) is 25.4 Å². The normalized spacial score (nSPS) is 19.3. The van der Waals surface area contributed by atoms with Crippen molar-refractivity contribution in [3.63, 3.8) is 0 Å². The van der Waals surface area contributed by atoms with Crippen LogP contribution in [0.2, 0.25) is 0 Å². The summed E-state index contributed by atoms with van der Waals surface area (Å²) in [5, 5.41) is 15.2. The van der Waals surface area contributed by atoms with Crippen LogP contribution in [0.15, 0.2) is 35.9 Å². The Morgan fingerprint density at radius 2 is 2.07 bits per heavy atom. The van der Waals surface area contributed by atoms with E-state index in [1.54, 1.807) is 16.7 Å². The number of aromatic nitrogens is 4. The van der Waals surface area contributed by atoms with Crippen LogP contribution in [-0.2, 0) is 0 Å². The van der Waals surface area contributed by atoms with Crippen LogP contribution in [0.25, 0.3) is 17.2 Å². The number of nitrogens with zero attached hydrogens (tertiary/aromatic N) is 6. The molecule has 4 rings (SSSR count). The van der Waals surface area contributed by atoms with Crippen molar-refractivity contribution in [1.29, 1.82) is 5.26 Å². The lowest BCUT2D eigenvalue weighted by atomic mass is 9.84. The minimum absolute atomic E-state index is 0.128. The highest BCUT2D eigenvalue weighted by Crippen LogP contribution is 2.31. The summed E-state index contributed by atoms with van der Waals surface area (Å²) in [5.41, 5.74) is 1.22. The lowest BCUT2D eigenvalue weighted by Crippen LogP contribution is -2.26. The highest BCUT2D eigenvalue weighted by Gasteiger charge is 2.23. The van der Waals surface area contributed by atoms with E-state index in [0.717, 1.165) is 25.7 Å². The molecular formula is C19H18FN7O. The largest absolute Gasteiger partial charge is 0.365 e. The van der Waals surface area contributed by atoms with E-state index in [2.05, 4.69) is 31.5 Å². The van der Waals surface area contributed by atoms with E-state index in [1.165, 1.54) is 18.5 Å². The molecule has 0 unspecified atom stereocenters. The molecule has 1 aliphatic rings. The molecule has 0 spiro atoms. The van der Waals surface area contributed by atoms with Crippen molar-refractivity contribution in [3.05, 3.63) is 41.4 Å². The van der Waals surface area contributed by atoms with Crippen molar-refractivity contribution in [2.24, 2.45) is 11.1 Å². The summed E-state index contributed by atoms with van der Waals surface area (Å²) in [5.74, 6) is 0.715. The standard InChI is InChI=1S/C19H18FN7O/c20-13-3-6-17-22-10-16(27(17)11-13)19-23-9-15(26-28)18(25-19)24-14-4-1-12(2-5-14)7-8-21/h3,6,9-12,14H,1-2,4-5,7H2,(H,23,24,25). The molecule has 8 nitrogen and oxygen atoms in total. The molecule has 0 saturated heterocycles. The molecule has 1 N–H and O–H groups in total. The van der Waals surface area contributed by atoms with Gasteiger partial charge in [-0.25, -0.2) is 19.3 Å². The fourth-order valence-corrected chi connectivity index (χ4v) is 3.63. The lowest BCUT2D eigenvalue weighted by Gasteiger charge is -2.28. The molecule has 0 amide bonds. The van der Waals surface area contributed by atoms with E-state index in [4.69, 9.17) is 5.26 Å². The molecule has 1 fully saturated rings. The maximum Gasteiger partial charge on any atom is 0.180 e. The smallest absolute Gasteiger partial charge is 0.180 e. The van der Waals surface area contributed by atoms with Crippen LogP contribution >= 0.6 is 0 Å².